The Morgan fingerprint density at radius 3 is 2.62 bits per heavy atom. The first-order chi connectivity index (χ1) is 9.92. The largest absolute Gasteiger partial charge is 0.477 e. The number of carboxylic acids is 1. The molecule has 1 aromatic heterocycles. The van der Waals surface area contributed by atoms with E-state index >= 15 is 0 Å². The number of hydrogen-bond acceptors (Lipinski definition) is 5. The van der Waals surface area contributed by atoms with Gasteiger partial charge in [0.25, 0.3) is 10.0 Å². The van der Waals surface area contributed by atoms with Crippen molar-refractivity contribution in [2.45, 2.75) is 4.90 Å². The normalized spacial score (nSPS) is 10.6. The van der Waals surface area contributed by atoms with Crippen molar-refractivity contribution < 1.29 is 18.3 Å². The summed E-state index contributed by atoms with van der Waals surface area (Å²) in [5, 5.41) is 17.5. The summed E-state index contributed by atoms with van der Waals surface area (Å²) < 4.78 is 26.5. The maximum absolute atomic E-state index is 12.1. The molecule has 106 valence electrons. The zero-order valence-electron chi connectivity index (χ0n) is 10.5. The fraction of sp³-hybridized carbons (Fsp3) is 0. The molecule has 0 saturated heterocycles. The van der Waals surface area contributed by atoms with Crippen LogP contribution in [-0.2, 0) is 10.0 Å². The molecular weight excluding hydrogens is 294 g/mol. The Bertz CT molecular complexity index is 823. The van der Waals surface area contributed by atoms with Crippen LogP contribution < -0.4 is 4.72 Å². The smallest absolute Gasteiger partial charge is 0.354 e. The second kappa shape index (κ2) is 5.60. The number of hydrogen-bond donors (Lipinski definition) is 2. The summed E-state index contributed by atoms with van der Waals surface area (Å²) >= 11 is 0. The van der Waals surface area contributed by atoms with Gasteiger partial charge in [0.15, 0.2) is 0 Å². The summed E-state index contributed by atoms with van der Waals surface area (Å²) in [7, 11) is -3.87. The van der Waals surface area contributed by atoms with Crippen LogP contribution in [-0.4, -0.2) is 24.5 Å². The lowest BCUT2D eigenvalue weighted by Crippen LogP contribution is -2.13. The third-order valence-electron chi connectivity index (χ3n) is 2.51. The molecule has 0 amide bonds. The van der Waals surface area contributed by atoms with Crippen LogP contribution in [0.25, 0.3) is 0 Å². The van der Waals surface area contributed by atoms with E-state index in [4.69, 9.17) is 10.4 Å². The maximum Gasteiger partial charge on any atom is 0.354 e. The van der Waals surface area contributed by atoms with Crippen molar-refractivity contribution in [2.75, 3.05) is 4.72 Å². The van der Waals surface area contributed by atoms with Gasteiger partial charge in [-0.1, -0.05) is 6.07 Å². The molecule has 0 bridgehead atoms. The van der Waals surface area contributed by atoms with E-state index in [2.05, 4.69) is 9.71 Å². The Labute approximate surface area is 120 Å². The average Bonchev–Trinajstić information content (AvgIpc) is 2.47. The SMILES string of the molecule is N#Cc1cccc(S(=O)(=O)Nc2ccc(C(=O)O)nc2)c1. The highest BCUT2D eigenvalue weighted by atomic mass is 32.2. The molecule has 0 aliphatic rings. The monoisotopic (exact) mass is 303 g/mol. The molecule has 2 N–H and O–H groups in total. The molecule has 0 atom stereocenters. The molecule has 7 nitrogen and oxygen atoms in total. The van der Waals surface area contributed by atoms with Gasteiger partial charge >= 0.3 is 5.97 Å². The molecule has 0 aliphatic heterocycles. The summed E-state index contributed by atoms with van der Waals surface area (Å²) in [4.78, 5) is 14.2. The molecule has 1 heterocycles. The molecule has 2 aromatic rings. The van der Waals surface area contributed by atoms with Gasteiger partial charge in [-0.2, -0.15) is 5.26 Å². The number of nitrogens with zero attached hydrogens (tertiary/aromatic N) is 2. The number of carboxylic acid groups (broad SMARTS) is 1. The highest BCUT2D eigenvalue weighted by molar-refractivity contribution is 7.92. The predicted octanol–water partition coefficient (Wildman–Crippen LogP) is 1.45. The lowest BCUT2D eigenvalue weighted by molar-refractivity contribution is 0.0690. The van der Waals surface area contributed by atoms with Crippen molar-refractivity contribution in [3.05, 3.63) is 53.9 Å². The molecule has 0 spiro atoms. The number of sulfonamides is 1. The number of nitriles is 1. The number of aromatic carboxylic acids is 1. The van der Waals surface area contributed by atoms with Gasteiger partial charge in [-0.25, -0.2) is 18.2 Å². The molecule has 2 rings (SSSR count). The minimum Gasteiger partial charge on any atom is -0.477 e. The number of nitrogens with one attached hydrogen (secondary N) is 1. The lowest BCUT2D eigenvalue weighted by Gasteiger charge is -2.08. The molecule has 8 heteroatoms. The first kappa shape index (κ1) is 14.5. The van der Waals surface area contributed by atoms with Crippen molar-refractivity contribution in [1.29, 1.82) is 5.26 Å². The van der Waals surface area contributed by atoms with Crippen LogP contribution in [0.3, 0.4) is 0 Å². The fourth-order valence-electron chi connectivity index (χ4n) is 1.53. The Kier molecular flexibility index (Phi) is 3.86. The van der Waals surface area contributed by atoms with Gasteiger partial charge in [0.2, 0.25) is 0 Å². The number of carbonyl (C=O) groups is 1. The molecular formula is C13H9N3O4S. The molecule has 0 fully saturated rings. The van der Waals surface area contributed by atoms with E-state index < -0.39 is 16.0 Å². The number of benzene rings is 1. The van der Waals surface area contributed by atoms with E-state index in [9.17, 15) is 13.2 Å². The first-order valence-corrected chi connectivity index (χ1v) is 7.13. The van der Waals surface area contributed by atoms with E-state index in [1.165, 1.54) is 36.4 Å². The van der Waals surface area contributed by atoms with Crippen LogP contribution in [0.5, 0.6) is 0 Å². The Morgan fingerprint density at radius 1 is 1.29 bits per heavy atom. The number of anilines is 1. The molecule has 1 aromatic carbocycles. The Hall–Kier alpha value is -2.92. The third-order valence-corrected chi connectivity index (χ3v) is 3.89. The zero-order valence-corrected chi connectivity index (χ0v) is 11.3. The third kappa shape index (κ3) is 3.34. The van der Waals surface area contributed by atoms with Gasteiger partial charge in [0.05, 0.1) is 28.4 Å². The van der Waals surface area contributed by atoms with E-state index in [0.29, 0.717) is 0 Å². The van der Waals surface area contributed by atoms with Gasteiger partial charge < -0.3 is 5.11 Å². The summed E-state index contributed by atoms with van der Waals surface area (Å²) in [5.41, 5.74) is 0.156. The van der Waals surface area contributed by atoms with Crippen LogP contribution in [0, 0.1) is 11.3 Å². The highest BCUT2D eigenvalue weighted by Gasteiger charge is 2.15. The van der Waals surface area contributed by atoms with Gasteiger partial charge in [-0.15, -0.1) is 0 Å². The topological polar surface area (TPSA) is 120 Å². The highest BCUT2D eigenvalue weighted by Crippen LogP contribution is 2.16. The quantitative estimate of drug-likeness (QED) is 0.882. The Morgan fingerprint density at radius 2 is 2.05 bits per heavy atom. The summed E-state index contributed by atoms with van der Waals surface area (Å²) in [5.74, 6) is -1.20. The molecule has 0 aliphatic carbocycles. The number of pyridine rings is 1. The van der Waals surface area contributed by atoms with E-state index in [-0.39, 0.29) is 21.8 Å². The summed E-state index contributed by atoms with van der Waals surface area (Å²) in [6.45, 7) is 0. The fourth-order valence-corrected chi connectivity index (χ4v) is 2.62. The molecule has 0 saturated carbocycles. The van der Waals surface area contributed by atoms with Gasteiger partial charge in [-0.3, -0.25) is 4.72 Å². The molecule has 0 unspecified atom stereocenters. The van der Waals surface area contributed by atoms with E-state index in [0.717, 1.165) is 6.20 Å². The van der Waals surface area contributed by atoms with Crippen LogP contribution in [0.15, 0.2) is 47.5 Å². The van der Waals surface area contributed by atoms with Crippen LogP contribution in [0.4, 0.5) is 5.69 Å². The first-order valence-electron chi connectivity index (χ1n) is 5.65. The van der Waals surface area contributed by atoms with Crippen LogP contribution in [0.2, 0.25) is 0 Å². The molecule has 0 radical (unpaired) electrons. The van der Waals surface area contributed by atoms with Crippen molar-refractivity contribution in [2.24, 2.45) is 0 Å². The Balaban J connectivity index is 2.28. The number of aromatic nitrogens is 1. The maximum atomic E-state index is 12.1. The van der Waals surface area contributed by atoms with E-state index in [1.807, 2.05) is 6.07 Å². The summed E-state index contributed by atoms with van der Waals surface area (Å²) in [6, 6.07) is 9.87. The van der Waals surface area contributed by atoms with Crippen molar-refractivity contribution in [3.63, 3.8) is 0 Å². The molecule has 21 heavy (non-hydrogen) atoms. The second-order valence-electron chi connectivity index (χ2n) is 3.98. The number of rotatable bonds is 4. The summed E-state index contributed by atoms with van der Waals surface area (Å²) in [6.07, 6.45) is 1.11. The zero-order chi connectivity index (χ0) is 15.5. The standard InChI is InChI=1S/C13H9N3O4S/c14-7-9-2-1-3-11(6-9)21(19,20)16-10-4-5-12(13(17)18)15-8-10/h1-6,8,16H,(H,17,18). The minimum absolute atomic E-state index is 0.0659. The van der Waals surface area contributed by atoms with Crippen LogP contribution in [0.1, 0.15) is 16.1 Å². The van der Waals surface area contributed by atoms with Crippen LogP contribution >= 0.6 is 0 Å². The van der Waals surface area contributed by atoms with Crippen molar-refractivity contribution in [1.82, 2.24) is 4.98 Å². The second-order valence-corrected chi connectivity index (χ2v) is 5.66. The van der Waals surface area contributed by atoms with Gasteiger partial charge in [0, 0.05) is 0 Å². The van der Waals surface area contributed by atoms with Gasteiger partial charge in [0.1, 0.15) is 5.69 Å². The van der Waals surface area contributed by atoms with Crippen molar-refractivity contribution in [3.8, 4) is 6.07 Å². The van der Waals surface area contributed by atoms with E-state index in [1.54, 1.807) is 0 Å². The minimum atomic E-state index is -3.87. The van der Waals surface area contributed by atoms with Crippen molar-refractivity contribution >= 4 is 21.7 Å². The lowest BCUT2D eigenvalue weighted by atomic mass is 10.2. The average molecular weight is 303 g/mol. The predicted molar refractivity (Wildman–Crippen MR) is 73.2 cm³/mol. The van der Waals surface area contributed by atoms with Gasteiger partial charge in [-0.05, 0) is 30.3 Å².